The number of nitrogens with zero attached hydrogens (tertiary/aromatic N) is 2. The Labute approximate surface area is 161 Å². The van der Waals surface area contributed by atoms with Crippen molar-refractivity contribution in [2.45, 2.75) is 31.1 Å². The molecule has 2 fully saturated rings. The topological polar surface area (TPSA) is 79.0 Å². The third kappa shape index (κ3) is 5.07. The number of carbonyl (C=O) groups excluding carboxylic acids is 1. The lowest BCUT2D eigenvalue weighted by molar-refractivity contribution is 0.0374. The third-order valence-electron chi connectivity index (χ3n) is 5.20. The van der Waals surface area contributed by atoms with Gasteiger partial charge in [-0.1, -0.05) is 6.07 Å². The molecule has 0 saturated carbocycles. The minimum Gasteiger partial charge on any atom is -0.379 e. The fourth-order valence-corrected chi connectivity index (χ4v) is 5.05. The van der Waals surface area contributed by atoms with Crippen molar-refractivity contribution >= 4 is 15.9 Å². The molecule has 1 amide bonds. The molecule has 1 aromatic rings. The third-order valence-corrected chi connectivity index (χ3v) is 7.09. The van der Waals surface area contributed by atoms with Gasteiger partial charge in [-0.05, 0) is 50.4 Å². The first-order valence-corrected chi connectivity index (χ1v) is 11.1. The van der Waals surface area contributed by atoms with Gasteiger partial charge in [-0.25, -0.2) is 8.42 Å². The van der Waals surface area contributed by atoms with Crippen LogP contribution in [0.2, 0.25) is 0 Å². The summed E-state index contributed by atoms with van der Waals surface area (Å²) in [6.45, 7) is 7.83. The summed E-state index contributed by atoms with van der Waals surface area (Å²) in [5.74, 6) is -0.215. The lowest BCUT2D eigenvalue weighted by Gasteiger charge is -2.26. The molecule has 0 radical (unpaired) electrons. The SMILES string of the molecule is Cc1ccc(S(=O)(=O)N2CCCC2)cc1C(=O)NCCCN1CCOCC1. The Morgan fingerprint density at radius 1 is 1.15 bits per heavy atom. The maximum Gasteiger partial charge on any atom is 0.251 e. The normalized spacial score (nSPS) is 19.3. The van der Waals surface area contributed by atoms with Gasteiger partial charge in [0.15, 0.2) is 0 Å². The van der Waals surface area contributed by atoms with Crippen molar-refractivity contribution in [3.63, 3.8) is 0 Å². The monoisotopic (exact) mass is 395 g/mol. The van der Waals surface area contributed by atoms with Gasteiger partial charge in [-0.3, -0.25) is 9.69 Å². The standard InChI is InChI=1S/C19H29N3O4S/c1-16-5-6-17(27(24,25)22-9-2-3-10-22)15-18(16)19(23)20-7-4-8-21-11-13-26-14-12-21/h5-6,15H,2-4,7-14H2,1H3,(H,20,23). The Bertz CT molecular complexity index is 754. The average molecular weight is 396 g/mol. The Kier molecular flexibility index (Phi) is 6.86. The fraction of sp³-hybridized carbons (Fsp3) is 0.632. The number of carbonyl (C=O) groups is 1. The van der Waals surface area contributed by atoms with Crippen LogP contribution in [0.5, 0.6) is 0 Å². The number of benzene rings is 1. The van der Waals surface area contributed by atoms with Crippen molar-refractivity contribution in [1.82, 2.24) is 14.5 Å². The highest BCUT2D eigenvalue weighted by Crippen LogP contribution is 2.23. The molecule has 0 unspecified atom stereocenters. The van der Waals surface area contributed by atoms with Crippen molar-refractivity contribution < 1.29 is 17.9 Å². The molecule has 3 rings (SSSR count). The highest BCUT2D eigenvalue weighted by atomic mass is 32.2. The molecule has 8 heteroatoms. The summed E-state index contributed by atoms with van der Waals surface area (Å²) < 4.78 is 32.3. The first-order chi connectivity index (χ1) is 13.0. The van der Waals surface area contributed by atoms with Crippen molar-refractivity contribution in [2.24, 2.45) is 0 Å². The summed E-state index contributed by atoms with van der Waals surface area (Å²) in [4.78, 5) is 15.1. The van der Waals surface area contributed by atoms with Crippen LogP contribution in [-0.2, 0) is 14.8 Å². The van der Waals surface area contributed by atoms with E-state index in [0.717, 1.165) is 57.7 Å². The van der Waals surface area contributed by atoms with Gasteiger partial charge in [0.2, 0.25) is 10.0 Å². The first-order valence-electron chi connectivity index (χ1n) is 9.67. The van der Waals surface area contributed by atoms with Crippen LogP contribution in [-0.4, -0.2) is 76.0 Å². The van der Waals surface area contributed by atoms with Gasteiger partial charge in [0.05, 0.1) is 18.1 Å². The van der Waals surface area contributed by atoms with Crippen LogP contribution in [0.25, 0.3) is 0 Å². The molecule has 2 saturated heterocycles. The summed E-state index contributed by atoms with van der Waals surface area (Å²) in [6.07, 6.45) is 2.64. The van der Waals surface area contributed by atoms with E-state index in [1.165, 1.54) is 10.4 Å². The number of aryl methyl sites for hydroxylation is 1. The summed E-state index contributed by atoms with van der Waals surface area (Å²) in [7, 11) is -3.52. The number of ether oxygens (including phenoxy) is 1. The van der Waals surface area contributed by atoms with Gasteiger partial charge < -0.3 is 10.1 Å². The molecule has 2 aliphatic rings. The molecule has 150 valence electrons. The second kappa shape index (κ2) is 9.14. The minimum absolute atomic E-state index is 0.202. The molecular weight excluding hydrogens is 366 g/mol. The molecular formula is C19H29N3O4S. The predicted molar refractivity (Wildman–Crippen MR) is 103 cm³/mol. The average Bonchev–Trinajstić information content (AvgIpc) is 3.22. The van der Waals surface area contributed by atoms with Crippen LogP contribution in [0.15, 0.2) is 23.1 Å². The van der Waals surface area contributed by atoms with Gasteiger partial charge in [0.1, 0.15) is 0 Å². The largest absolute Gasteiger partial charge is 0.379 e. The maximum absolute atomic E-state index is 12.7. The van der Waals surface area contributed by atoms with Crippen molar-refractivity contribution in [2.75, 3.05) is 52.5 Å². The number of morpholine rings is 1. The predicted octanol–water partition coefficient (Wildman–Crippen LogP) is 1.23. The number of hydrogen-bond acceptors (Lipinski definition) is 5. The number of sulfonamides is 1. The zero-order chi connectivity index (χ0) is 19.3. The Hall–Kier alpha value is -1.48. The van der Waals surface area contributed by atoms with E-state index in [1.54, 1.807) is 12.1 Å². The second-order valence-electron chi connectivity index (χ2n) is 7.15. The zero-order valence-electron chi connectivity index (χ0n) is 15.9. The highest BCUT2D eigenvalue weighted by Gasteiger charge is 2.28. The van der Waals surface area contributed by atoms with Crippen LogP contribution in [0, 0.1) is 6.92 Å². The maximum atomic E-state index is 12.7. The van der Waals surface area contributed by atoms with Crippen LogP contribution in [0.4, 0.5) is 0 Å². The van der Waals surface area contributed by atoms with E-state index in [9.17, 15) is 13.2 Å². The number of hydrogen-bond donors (Lipinski definition) is 1. The van der Waals surface area contributed by atoms with E-state index in [2.05, 4.69) is 10.2 Å². The molecule has 2 heterocycles. The van der Waals surface area contributed by atoms with Gasteiger partial charge in [-0.2, -0.15) is 4.31 Å². The zero-order valence-corrected chi connectivity index (χ0v) is 16.8. The van der Waals surface area contributed by atoms with Gasteiger partial charge in [-0.15, -0.1) is 0 Å². The number of rotatable bonds is 7. The number of nitrogens with one attached hydrogen (secondary N) is 1. The molecule has 0 spiro atoms. The van der Waals surface area contributed by atoms with Crippen LogP contribution in [0.1, 0.15) is 35.2 Å². The Morgan fingerprint density at radius 2 is 1.85 bits per heavy atom. The summed E-state index contributed by atoms with van der Waals surface area (Å²) in [5, 5.41) is 2.92. The van der Waals surface area contributed by atoms with Gasteiger partial charge >= 0.3 is 0 Å². The molecule has 1 aromatic carbocycles. The van der Waals surface area contributed by atoms with E-state index in [4.69, 9.17) is 4.74 Å². The number of amides is 1. The molecule has 27 heavy (non-hydrogen) atoms. The second-order valence-corrected chi connectivity index (χ2v) is 9.09. The fourth-order valence-electron chi connectivity index (χ4n) is 3.51. The molecule has 0 aliphatic carbocycles. The Balaban J connectivity index is 1.59. The van der Waals surface area contributed by atoms with Gasteiger partial charge in [0, 0.05) is 38.3 Å². The molecule has 1 N–H and O–H groups in total. The van der Waals surface area contributed by atoms with E-state index in [1.807, 2.05) is 6.92 Å². The van der Waals surface area contributed by atoms with Crippen LogP contribution in [0.3, 0.4) is 0 Å². The quantitative estimate of drug-likeness (QED) is 0.703. The summed E-state index contributed by atoms with van der Waals surface area (Å²) in [5.41, 5.74) is 1.21. The summed E-state index contributed by atoms with van der Waals surface area (Å²) >= 11 is 0. The molecule has 7 nitrogen and oxygen atoms in total. The Morgan fingerprint density at radius 3 is 2.56 bits per heavy atom. The van der Waals surface area contributed by atoms with E-state index >= 15 is 0 Å². The van der Waals surface area contributed by atoms with Crippen molar-refractivity contribution in [3.05, 3.63) is 29.3 Å². The van der Waals surface area contributed by atoms with E-state index < -0.39 is 10.0 Å². The lowest BCUT2D eigenvalue weighted by Crippen LogP contribution is -2.38. The lowest BCUT2D eigenvalue weighted by atomic mass is 10.1. The van der Waals surface area contributed by atoms with Crippen molar-refractivity contribution in [3.8, 4) is 0 Å². The van der Waals surface area contributed by atoms with E-state index in [0.29, 0.717) is 25.2 Å². The first kappa shape index (κ1) is 20.3. The summed E-state index contributed by atoms with van der Waals surface area (Å²) in [6, 6.07) is 4.82. The van der Waals surface area contributed by atoms with E-state index in [-0.39, 0.29) is 10.8 Å². The van der Waals surface area contributed by atoms with Crippen LogP contribution < -0.4 is 5.32 Å². The molecule has 0 aromatic heterocycles. The van der Waals surface area contributed by atoms with Gasteiger partial charge in [0.25, 0.3) is 5.91 Å². The van der Waals surface area contributed by atoms with Crippen LogP contribution >= 0.6 is 0 Å². The highest BCUT2D eigenvalue weighted by molar-refractivity contribution is 7.89. The molecule has 0 atom stereocenters. The van der Waals surface area contributed by atoms with Crippen molar-refractivity contribution in [1.29, 1.82) is 0 Å². The molecule has 2 aliphatic heterocycles. The minimum atomic E-state index is -3.52. The smallest absolute Gasteiger partial charge is 0.251 e. The molecule has 0 bridgehead atoms.